The van der Waals surface area contributed by atoms with Gasteiger partial charge in [0.25, 0.3) is 0 Å². The van der Waals surface area contributed by atoms with Crippen molar-refractivity contribution in [1.82, 2.24) is 0 Å². The van der Waals surface area contributed by atoms with E-state index in [1.807, 2.05) is 6.07 Å². The van der Waals surface area contributed by atoms with Crippen LogP contribution >= 0.6 is 0 Å². The highest BCUT2D eigenvalue weighted by atomic mass is 16.3. The maximum atomic E-state index is 11.4. The van der Waals surface area contributed by atoms with Crippen LogP contribution in [0, 0.1) is 0 Å². The Bertz CT molecular complexity index is 272. The van der Waals surface area contributed by atoms with Crippen molar-refractivity contribution in [2.45, 2.75) is 12.5 Å². The summed E-state index contributed by atoms with van der Waals surface area (Å²) >= 11 is 0. The van der Waals surface area contributed by atoms with Gasteiger partial charge in [0.15, 0.2) is 5.78 Å². The average molecular weight is 179 g/mol. The summed E-state index contributed by atoms with van der Waals surface area (Å²) in [5.41, 5.74) is 5.82. The number of hydrogen-bond donors (Lipinski definition) is 2. The van der Waals surface area contributed by atoms with Crippen LogP contribution in [0.15, 0.2) is 30.3 Å². The summed E-state index contributed by atoms with van der Waals surface area (Å²) in [6.45, 7) is 0.124. The smallest absolute Gasteiger partial charge is 0.165 e. The molecule has 0 spiro atoms. The first-order chi connectivity index (χ1) is 6.24. The van der Waals surface area contributed by atoms with Gasteiger partial charge in [-0.25, -0.2) is 0 Å². The Hall–Kier alpha value is -1.19. The van der Waals surface area contributed by atoms with Crippen molar-refractivity contribution in [2.24, 2.45) is 5.73 Å². The zero-order valence-electron chi connectivity index (χ0n) is 7.31. The first kappa shape index (κ1) is 9.89. The van der Waals surface area contributed by atoms with Crippen LogP contribution in [0.1, 0.15) is 16.8 Å². The van der Waals surface area contributed by atoms with Gasteiger partial charge in [0.1, 0.15) is 0 Å². The fourth-order valence-electron chi connectivity index (χ4n) is 1.04. The van der Waals surface area contributed by atoms with Gasteiger partial charge in [0, 0.05) is 18.5 Å². The summed E-state index contributed by atoms with van der Waals surface area (Å²) in [6.07, 6.45) is -0.631. The van der Waals surface area contributed by atoms with Crippen LogP contribution in [-0.4, -0.2) is 23.5 Å². The third-order valence-electron chi connectivity index (χ3n) is 1.79. The number of benzene rings is 1. The molecule has 0 aliphatic carbocycles. The largest absolute Gasteiger partial charge is 0.391 e. The van der Waals surface area contributed by atoms with Crippen LogP contribution in [0.2, 0.25) is 0 Å². The molecule has 1 aromatic carbocycles. The SMILES string of the molecule is NCC(O)CC(=O)c1ccccc1. The Balaban J connectivity index is 2.59. The van der Waals surface area contributed by atoms with Crippen molar-refractivity contribution in [3.8, 4) is 0 Å². The van der Waals surface area contributed by atoms with E-state index in [9.17, 15) is 4.79 Å². The lowest BCUT2D eigenvalue weighted by Gasteiger charge is -2.05. The molecule has 1 aromatic rings. The van der Waals surface area contributed by atoms with Gasteiger partial charge in [-0.3, -0.25) is 4.79 Å². The van der Waals surface area contributed by atoms with Crippen LogP contribution in [0.3, 0.4) is 0 Å². The van der Waals surface area contributed by atoms with E-state index in [-0.39, 0.29) is 18.7 Å². The maximum absolute atomic E-state index is 11.4. The second-order valence-electron chi connectivity index (χ2n) is 2.88. The molecule has 0 fully saturated rings. The van der Waals surface area contributed by atoms with Crippen LogP contribution in [-0.2, 0) is 0 Å². The minimum absolute atomic E-state index is 0.0708. The molecule has 13 heavy (non-hydrogen) atoms. The Kier molecular flexibility index (Phi) is 3.61. The molecular formula is C10H13NO2. The number of aliphatic hydroxyl groups is 1. The molecular weight excluding hydrogens is 166 g/mol. The lowest BCUT2D eigenvalue weighted by Crippen LogP contribution is -2.23. The molecule has 1 unspecified atom stereocenters. The van der Waals surface area contributed by atoms with Gasteiger partial charge in [-0.05, 0) is 0 Å². The summed E-state index contributed by atoms with van der Waals surface area (Å²) in [4.78, 5) is 11.4. The van der Waals surface area contributed by atoms with Gasteiger partial charge in [0.2, 0.25) is 0 Å². The second kappa shape index (κ2) is 4.74. The van der Waals surface area contributed by atoms with Crippen LogP contribution in [0.4, 0.5) is 0 Å². The zero-order valence-corrected chi connectivity index (χ0v) is 7.31. The van der Waals surface area contributed by atoms with Crippen molar-refractivity contribution in [3.05, 3.63) is 35.9 Å². The highest BCUT2D eigenvalue weighted by Crippen LogP contribution is 2.04. The maximum Gasteiger partial charge on any atom is 0.165 e. The molecule has 0 aromatic heterocycles. The molecule has 0 amide bonds. The van der Waals surface area contributed by atoms with Crippen LogP contribution in [0.25, 0.3) is 0 Å². The molecule has 1 atom stereocenters. The standard InChI is InChI=1S/C10H13NO2/c11-7-9(12)6-10(13)8-4-2-1-3-5-8/h1-5,9,12H,6-7,11H2. The number of Topliss-reactive ketones (excluding diaryl/α,β-unsaturated/α-hetero) is 1. The number of nitrogens with two attached hydrogens (primary N) is 1. The summed E-state index contributed by atoms with van der Waals surface area (Å²) < 4.78 is 0. The number of rotatable bonds is 4. The summed E-state index contributed by atoms with van der Waals surface area (Å²) in [5.74, 6) is -0.0708. The monoisotopic (exact) mass is 179 g/mol. The zero-order chi connectivity index (χ0) is 9.68. The molecule has 0 bridgehead atoms. The van der Waals surface area contributed by atoms with E-state index >= 15 is 0 Å². The third kappa shape index (κ3) is 2.97. The van der Waals surface area contributed by atoms with Crippen molar-refractivity contribution >= 4 is 5.78 Å². The molecule has 3 N–H and O–H groups in total. The fourth-order valence-corrected chi connectivity index (χ4v) is 1.04. The number of hydrogen-bond acceptors (Lipinski definition) is 3. The van der Waals surface area contributed by atoms with Gasteiger partial charge in [-0.1, -0.05) is 30.3 Å². The Morgan fingerprint density at radius 2 is 2.00 bits per heavy atom. The number of carbonyl (C=O) groups is 1. The van der Waals surface area contributed by atoms with E-state index in [1.54, 1.807) is 24.3 Å². The van der Waals surface area contributed by atoms with E-state index in [1.165, 1.54) is 0 Å². The molecule has 1 rings (SSSR count). The van der Waals surface area contributed by atoms with Crippen molar-refractivity contribution < 1.29 is 9.90 Å². The molecule has 3 nitrogen and oxygen atoms in total. The molecule has 0 saturated heterocycles. The third-order valence-corrected chi connectivity index (χ3v) is 1.79. The van der Waals surface area contributed by atoms with E-state index < -0.39 is 6.10 Å². The molecule has 0 aliphatic rings. The van der Waals surface area contributed by atoms with Gasteiger partial charge >= 0.3 is 0 Å². The molecule has 0 aliphatic heterocycles. The summed E-state index contributed by atoms with van der Waals surface area (Å²) in [7, 11) is 0. The van der Waals surface area contributed by atoms with Crippen LogP contribution < -0.4 is 5.73 Å². The Labute approximate surface area is 77.2 Å². The molecule has 3 heteroatoms. The molecule has 0 radical (unpaired) electrons. The first-order valence-corrected chi connectivity index (χ1v) is 4.20. The molecule has 0 heterocycles. The van der Waals surface area contributed by atoms with E-state index in [4.69, 9.17) is 10.8 Å². The summed E-state index contributed by atoms with van der Waals surface area (Å²) in [5, 5.41) is 9.14. The van der Waals surface area contributed by atoms with Gasteiger partial charge in [0.05, 0.1) is 6.10 Å². The lowest BCUT2D eigenvalue weighted by molar-refractivity contribution is 0.0890. The topological polar surface area (TPSA) is 63.3 Å². The summed E-state index contributed by atoms with van der Waals surface area (Å²) in [6, 6.07) is 8.89. The van der Waals surface area contributed by atoms with Crippen molar-refractivity contribution in [1.29, 1.82) is 0 Å². The minimum atomic E-state index is -0.729. The Morgan fingerprint density at radius 3 is 2.54 bits per heavy atom. The fraction of sp³-hybridized carbons (Fsp3) is 0.300. The normalized spacial score (nSPS) is 12.5. The second-order valence-corrected chi connectivity index (χ2v) is 2.88. The van der Waals surface area contributed by atoms with Gasteiger partial charge in [-0.15, -0.1) is 0 Å². The predicted molar refractivity (Wildman–Crippen MR) is 50.5 cm³/mol. The van der Waals surface area contributed by atoms with Crippen LogP contribution in [0.5, 0.6) is 0 Å². The Morgan fingerprint density at radius 1 is 1.38 bits per heavy atom. The van der Waals surface area contributed by atoms with E-state index in [0.29, 0.717) is 5.56 Å². The number of ketones is 1. The predicted octanol–water partition coefficient (Wildman–Crippen LogP) is 0.579. The van der Waals surface area contributed by atoms with Gasteiger partial charge < -0.3 is 10.8 Å². The van der Waals surface area contributed by atoms with E-state index in [2.05, 4.69) is 0 Å². The van der Waals surface area contributed by atoms with Crippen molar-refractivity contribution in [2.75, 3.05) is 6.54 Å². The average Bonchev–Trinajstić information content (AvgIpc) is 2.19. The first-order valence-electron chi connectivity index (χ1n) is 4.20. The van der Waals surface area contributed by atoms with Gasteiger partial charge in [-0.2, -0.15) is 0 Å². The quantitative estimate of drug-likeness (QED) is 0.664. The van der Waals surface area contributed by atoms with E-state index in [0.717, 1.165) is 0 Å². The number of carbonyl (C=O) groups excluding carboxylic acids is 1. The highest BCUT2D eigenvalue weighted by Gasteiger charge is 2.10. The molecule has 70 valence electrons. The highest BCUT2D eigenvalue weighted by molar-refractivity contribution is 5.96. The van der Waals surface area contributed by atoms with Crippen molar-refractivity contribution in [3.63, 3.8) is 0 Å². The lowest BCUT2D eigenvalue weighted by atomic mass is 10.1. The number of aliphatic hydroxyl groups excluding tert-OH is 1. The molecule has 0 saturated carbocycles. The minimum Gasteiger partial charge on any atom is -0.391 e.